The molecule has 2 N–H and O–H groups in total. The second-order valence-electron chi connectivity index (χ2n) is 4.10. The molecule has 1 aliphatic rings. The zero-order chi connectivity index (χ0) is 12.6. The maximum atomic E-state index is 11.6. The van der Waals surface area contributed by atoms with E-state index in [1.54, 1.807) is 6.07 Å². The summed E-state index contributed by atoms with van der Waals surface area (Å²) in [6, 6.07) is 4.46. The fraction of sp³-hybridized carbons (Fsp3) is 0.364. The Morgan fingerprint density at radius 2 is 2.18 bits per heavy atom. The summed E-state index contributed by atoms with van der Waals surface area (Å²) in [4.78, 5) is 21.9. The van der Waals surface area contributed by atoms with Crippen LogP contribution in [0.4, 0.5) is 11.4 Å². The molecular formula is C11H12N2O4. The van der Waals surface area contributed by atoms with Crippen molar-refractivity contribution in [2.45, 2.75) is 18.3 Å². The standard InChI is InChI=1S/C11H12N2O4/c1-17-10(14)11(4-5-11)7-2-3-8(12)9(6-7)13(15)16/h2-3,6H,4-5,12H2,1H3. The first kappa shape index (κ1) is 11.4. The van der Waals surface area contributed by atoms with Crippen molar-refractivity contribution in [1.29, 1.82) is 0 Å². The van der Waals surface area contributed by atoms with Crippen LogP contribution < -0.4 is 5.73 Å². The molecule has 0 aromatic heterocycles. The van der Waals surface area contributed by atoms with Gasteiger partial charge in [-0.1, -0.05) is 6.07 Å². The van der Waals surface area contributed by atoms with Gasteiger partial charge in [-0.3, -0.25) is 14.9 Å². The van der Waals surface area contributed by atoms with Crippen LogP contribution >= 0.6 is 0 Å². The number of carbonyl (C=O) groups excluding carboxylic acids is 1. The van der Waals surface area contributed by atoms with Crippen molar-refractivity contribution < 1.29 is 14.5 Å². The lowest BCUT2D eigenvalue weighted by atomic mass is 9.95. The van der Waals surface area contributed by atoms with Gasteiger partial charge >= 0.3 is 5.97 Å². The summed E-state index contributed by atoms with van der Waals surface area (Å²) in [5.41, 5.74) is 5.33. The predicted molar refractivity (Wildman–Crippen MR) is 60.4 cm³/mol. The number of esters is 1. The first-order chi connectivity index (χ1) is 8.01. The molecule has 0 unspecified atom stereocenters. The molecule has 1 aromatic carbocycles. The fourth-order valence-corrected chi connectivity index (χ4v) is 1.93. The Labute approximate surface area is 97.5 Å². The highest BCUT2D eigenvalue weighted by molar-refractivity contribution is 5.87. The second kappa shape index (κ2) is 3.73. The highest BCUT2D eigenvalue weighted by Crippen LogP contribution is 2.50. The highest BCUT2D eigenvalue weighted by Gasteiger charge is 2.53. The maximum Gasteiger partial charge on any atom is 0.316 e. The molecule has 2 rings (SSSR count). The predicted octanol–water partition coefficient (Wildman–Crippen LogP) is 1.38. The molecule has 1 aliphatic carbocycles. The van der Waals surface area contributed by atoms with Gasteiger partial charge < -0.3 is 10.5 Å². The van der Waals surface area contributed by atoms with E-state index in [1.807, 2.05) is 0 Å². The van der Waals surface area contributed by atoms with Gasteiger partial charge in [0.15, 0.2) is 0 Å². The number of nitro benzene ring substituents is 1. The van der Waals surface area contributed by atoms with Crippen LogP contribution in [0.2, 0.25) is 0 Å². The van der Waals surface area contributed by atoms with Crippen LogP contribution in [-0.2, 0) is 14.9 Å². The van der Waals surface area contributed by atoms with E-state index in [1.165, 1.54) is 19.2 Å². The number of hydrogen-bond donors (Lipinski definition) is 1. The molecule has 0 heterocycles. The molecule has 0 aliphatic heterocycles. The molecule has 17 heavy (non-hydrogen) atoms. The maximum absolute atomic E-state index is 11.6. The van der Waals surface area contributed by atoms with Gasteiger partial charge in [-0.2, -0.15) is 0 Å². The molecule has 6 heteroatoms. The van der Waals surface area contributed by atoms with E-state index in [2.05, 4.69) is 0 Å². The van der Waals surface area contributed by atoms with Crippen LogP contribution in [0.5, 0.6) is 0 Å². The van der Waals surface area contributed by atoms with Crippen molar-refractivity contribution in [2.24, 2.45) is 0 Å². The van der Waals surface area contributed by atoms with Crippen molar-refractivity contribution in [3.05, 3.63) is 33.9 Å². The van der Waals surface area contributed by atoms with Crippen LogP contribution in [0, 0.1) is 10.1 Å². The molecule has 1 aromatic rings. The van der Waals surface area contributed by atoms with Gasteiger partial charge in [0.1, 0.15) is 5.69 Å². The topological polar surface area (TPSA) is 95.5 Å². The van der Waals surface area contributed by atoms with Crippen molar-refractivity contribution in [2.75, 3.05) is 12.8 Å². The molecule has 0 saturated heterocycles. The van der Waals surface area contributed by atoms with E-state index in [-0.39, 0.29) is 17.3 Å². The minimum absolute atomic E-state index is 0.0967. The highest BCUT2D eigenvalue weighted by atomic mass is 16.6. The number of nitro groups is 1. The summed E-state index contributed by atoms with van der Waals surface area (Å²) in [7, 11) is 1.31. The number of nitrogen functional groups attached to an aromatic ring is 1. The van der Waals surface area contributed by atoms with E-state index >= 15 is 0 Å². The summed E-state index contributed by atoms with van der Waals surface area (Å²) in [5, 5.41) is 10.8. The second-order valence-corrected chi connectivity index (χ2v) is 4.10. The Morgan fingerprint density at radius 3 is 2.65 bits per heavy atom. The summed E-state index contributed by atoms with van der Waals surface area (Å²) in [5.74, 6) is -0.350. The van der Waals surface area contributed by atoms with E-state index in [4.69, 9.17) is 10.5 Å². The van der Waals surface area contributed by atoms with Gasteiger partial charge in [-0.25, -0.2) is 0 Å². The molecule has 0 atom stereocenters. The molecular weight excluding hydrogens is 224 g/mol. The average molecular weight is 236 g/mol. The van der Waals surface area contributed by atoms with Crippen molar-refractivity contribution in [3.63, 3.8) is 0 Å². The molecule has 0 radical (unpaired) electrons. The minimum Gasteiger partial charge on any atom is -0.468 e. The van der Waals surface area contributed by atoms with Gasteiger partial charge in [0, 0.05) is 6.07 Å². The number of benzene rings is 1. The van der Waals surface area contributed by atoms with Crippen LogP contribution in [0.1, 0.15) is 18.4 Å². The van der Waals surface area contributed by atoms with Gasteiger partial charge in [-0.05, 0) is 24.5 Å². The van der Waals surface area contributed by atoms with Gasteiger partial charge in [-0.15, -0.1) is 0 Å². The Morgan fingerprint density at radius 1 is 1.53 bits per heavy atom. The first-order valence-electron chi connectivity index (χ1n) is 5.14. The third-order valence-electron chi connectivity index (χ3n) is 3.11. The summed E-state index contributed by atoms with van der Waals surface area (Å²) in [6.45, 7) is 0. The van der Waals surface area contributed by atoms with Gasteiger partial charge in [0.05, 0.1) is 17.4 Å². The fourth-order valence-electron chi connectivity index (χ4n) is 1.93. The monoisotopic (exact) mass is 236 g/mol. The zero-order valence-corrected chi connectivity index (χ0v) is 9.30. The van der Waals surface area contributed by atoms with Crippen LogP contribution in [-0.4, -0.2) is 18.0 Å². The number of nitrogens with two attached hydrogens (primary N) is 1. The number of rotatable bonds is 3. The summed E-state index contributed by atoms with van der Waals surface area (Å²) in [6.07, 6.45) is 1.31. The van der Waals surface area contributed by atoms with Crippen LogP contribution in [0.25, 0.3) is 0 Å². The van der Waals surface area contributed by atoms with E-state index in [0.29, 0.717) is 18.4 Å². The normalized spacial score (nSPS) is 16.3. The third kappa shape index (κ3) is 1.71. The van der Waals surface area contributed by atoms with Crippen LogP contribution in [0.3, 0.4) is 0 Å². The SMILES string of the molecule is COC(=O)C1(c2ccc(N)c([N+](=O)[O-])c2)CC1. The molecule has 0 bridgehead atoms. The number of ether oxygens (including phenoxy) is 1. The molecule has 0 amide bonds. The third-order valence-corrected chi connectivity index (χ3v) is 3.11. The Bertz CT molecular complexity index is 494. The lowest BCUT2D eigenvalue weighted by Gasteiger charge is -2.12. The molecule has 1 saturated carbocycles. The molecule has 1 fully saturated rings. The van der Waals surface area contributed by atoms with Crippen molar-refractivity contribution >= 4 is 17.3 Å². The molecule has 6 nitrogen and oxygen atoms in total. The Kier molecular flexibility index (Phi) is 2.49. The molecule has 0 spiro atoms. The number of anilines is 1. The lowest BCUT2D eigenvalue weighted by Crippen LogP contribution is -2.22. The smallest absolute Gasteiger partial charge is 0.316 e. The van der Waals surface area contributed by atoms with Gasteiger partial charge in [0.25, 0.3) is 5.69 Å². The van der Waals surface area contributed by atoms with E-state index < -0.39 is 10.3 Å². The summed E-state index contributed by atoms with van der Waals surface area (Å²) >= 11 is 0. The number of methoxy groups -OCH3 is 1. The van der Waals surface area contributed by atoms with Crippen molar-refractivity contribution in [3.8, 4) is 0 Å². The zero-order valence-electron chi connectivity index (χ0n) is 9.30. The number of carbonyl (C=O) groups is 1. The molecule has 90 valence electrons. The minimum atomic E-state index is -0.701. The van der Waals surface area contributed by atoms with Crippen molar-refractivity contribution in [1.82, 2.24) is 0 Å². The van der Waals surface area contributed by atoms with Crippen LogP contribution in [0.15, 0.2) is 18.2 Å². The number of nitrogens with zero attached hydrogens (tertiary/aromatic N) is 1. The largest absolute Gasteiger partial charge is 0.468 e. The summed E-state index contributed by atoms with van der Waals surface area (Å²) < 4.78 is 4.72. The first-order valence-corrected chi connectivity index (χ1v) is 5.14. The Hall–Kier alpha value is -2.11. The quantitative estimate of drug-likeness (QED) is 0.370. The van der Waals surface area contributed by atoms with Gasteiger partial charge in [0.2, 0.25) is 0 Å². The average Bonchev–Trinajstić information content (AvgIpc) is 3.09. The number of hydrogen-bond acceptors (Lipinski definition) is 5. The Balaban J connectivity index is 2.44. The lowest BCUT2D eigenvalue weighted by molar-refractivity contribution is -0.384. The van der Waals surface area contributed by atoms with E-state index in [9.17, 15) is 14.9 Å². The van der Waals surface area contributed by atoms with E-state index in [0.717, 1.165) is 0 Å².